The molecule has 0 aliphatic rings. The Bertz CT molecular complexity index is 1100. The fraction of sp³-hybridized carbons (Fsp3) is 0.200. The van der Waals surface area contributed by atoms with E-state index in [1.807, 2.05) is 59.5 Å². The van der Waals surface area contributed by atoms with Crippen molar-refractivity contribution in [3.8, 4) is 11.3 Å². The molecule has 4 aromatic rings. The van der Waals surface area contributed by atoms with Gasteiger partial charge in [0.25, 0.3) is 5.91 Å². The van der Waals surface area contributed by atoms with E-state index in [1.54, 1.807) is 18.8 Å². The summed E-state index contributed by atoms with van der Waals surface area (Å²) >= 11 is 0. The highest BCUT2D eigenvalue weighted by Gasteiger charge is 2.16. The van der Waals surface area contributed by atoms with Crippen molar-refractivity contribution in [2.45, 2.75) is 13.3 Å². The van der Waals surface area contributed by atoms with E-state index in [4.69, 9.17) is 4.42 Å². The van der Waals surface area contributed by atoms with E-state index < -0.39 is 0 Å². The van der Waals surface area contributed by atoms with Gasteiger partial charge in [-0.3, -0.25) is 9.20 Å². The normalized spacial score (nSPS) is 11.0. The van der Waals surface area contributed by atoms with Gasteiger partial charge in [-0.15, -0.1) is 0 Å². The highest BCUT2D eigenvalue weighted by molar-refractivity contribution is 5.97. The molecule has 4 heterocycles. The van der Waals surface area contributed by atoms with Crippen LogP contribution in [0, 0.1) is 6.92 Å². The maximum Gasteiger partial charge on any atom is 0.273 e. The molecule has 4 rings (SSSR count). The second kappa shape index (κ2) is 7.03. The van der Waals surface area contributed by atoms with Crippen LogP contribution in [0.2, 0.25) is 0 Å². The van der Waals surface area contributed by atoms with Gasteiger partial charge in [-0.2, -0.15) is 0 Å². The van der Waals surface area contributed by atoms with Crippen molar-refractivity contribution in [2.75, 3.05) is 6.54 Å². The molecule has 27 heavy (non-hydrogen) atoms. The Labute approximate surface area is 156 Å². The van der Waals surface area contributed by atoms with E-state index in [0.29, 0.717) is 24.3 Å². The number of hydrogen-bond acceptors (Lipinski definition) is 4. The lowest BCUT2D eigenvalue weighted by Crippen LogP contribution is -2.36. The van der Waals surface area contributed by atoms with Crippen LogP contribution in [0.4, 0.5) is 0 Å². The third kappa shape index (κ3) is 3.31. The molecule has 7 nitrogen and oxygen atoms in total. The van der Waals surface area contributed by atoms with Gasteiger partial charge in [0.05, 0.1) is 11.8 Å². The molecule has 0 saturated carbocycles. The SMILES string of the molecule is Cc1ccnc2c(C(=O)NCCc3ccc(-c4ccco4)c[n+]3C)ncn12. The Morgan fingerprint density at radius 3 is 2.93 bits per heavy atom. The molecule has 0 aliphatic carbocycles. The van der Waals surface area contributed by atoms with Crippen LogP contribution in [0.1, 0.15) is 21.9 Å². The van der Waals surface area contributed by atoms with Crippen LogP contribution in [-0.4, -0.2) is 26.8 Å². The maximum absolute atomic E-state index is 12.5. The Kier molecular flexibility index (Phi) is 4.42. The number of aryl methyl sites for hydroxylation is 2. The van der Waals surface area contributed by atoms with Crippen LogP contribution < -0.4 is 9.88 Å². The number of hydrogen-bond donors (Lipinski definition) is 1. The van der Waals surface area contributed by atoms with Gasteiger partial charge in [0.2, 0.25) is 0 Å². The van der Waals surface area contributed by atoms with E-state index in [2.05, 4.69) is 15.3 Å². The van der Waals surface area contributed by atoms with Crippen molar-refractivity contribution in [1.29, 1.82) is 0 Å². The van der Waals surface area contributed by atoms with Crippen molar-refractivity contribution in [3.05, 3.63) is 72.4 Å². The van der Waals surface area contributed by atoms with E-state index in [-0.39, 0.29) is 5.91 Å². The number of furan rings is 1. The van der Waals surface area contributed by atoms with Gasteiger partial charge < -0.3 is 9.73 Å². The number of carbonyl (C=O) groups is 1. The number of fused-ring (bicyclic) bond motifs is 1. The van der Waals surface area contributed by atoms with Crippen LogP contribution in [-0.2, 0) is 13.5 Å². The zero-order valence-electron chi connectivity index (χ0n) is 15.2. The highest BCUT2D eigenvalue weighted by atomic mass is 16.3. The molecule has 0 fully saturated rings. The topological polar surface area (TPSA) is 76.3 Å². The van der Waals surface area contributed by atoms with Gasteiger partial charge in [0, 0.05) is 30.9 Å². The summed E-state index contributed by atoms with van der Waals surface area (Å²) < 4.78 is 9.28. The van der Waals surface area contributed by atoms with E-state index >= 15 is 0 Å². The van der Waals surface area contributed by atoms with Gasteiger partial charge in [0.15, 0.2) is 23.2 Å². The van der Waals surface area contributed by atoms with Gasteiger partial charge in [0.1, 0.15) is 19.1 Å². The number of pyridine rings is 1. The van der Waals surface area contributed by atoms with E-state index in [1.165, 1.54) is 0 Å². The average Bonchev–Trinajstić information content (AvgIpc) is 3.33. The minimum atomic E-state index is -0.217. The zero-order chi connectivity index (χ0) is 18.8. The number of rotatable bonds is 5. The molecular weight excluding hydrogens is 342 g/mol. The molecule has 0 radical (unpaired) electrons. The molecule has 0 aliphatic heterocycles. The van der Waals surface area contributed by atoms with Crippen molar-refractivity contribution in [1.82, 2.24) is 19.7 Å². The van der Waals surface area contributed by atoms with Gasteiger partial charge >= 0.3 is 0 Å². The first-order valence-electron chi connectivity index (χ1n) is 8.73. The Balaban J connectivity index is 1.42. The third-order valence-electron chi connectivity index (χ3n) is 4.56. The molecule has 0 atom stereocenters. The summed E-state index contributed by atoms with van der Waals surface area (Å²) in [7, 11) is 1.99. The summed E-state index contributed by atoms with van der Waals surface area (Å²) in [4.78, 5) is 20.9. The Morgan fingerprint density at radius 2 is 2.15 bits per heavy atom. The molecule has 136 valence electrons. The highest BCUT2D eigenvalue weighted by Crippen LogP contribution is 2.18. The first kappa shape index (κ1) is 17.0. The van der Waals surface area contributed by atoms with Crippen molar-refractivity contribution in [3.63, 3.8) is 0 Å². The maximum atomic E-state index is 12.5. The summed E-state index contributed by atoms with van der Waals surface area (Å²) in [5, 5.41) is 2.93. The average molecular weight is 362 g/mol. The molecule has 7 heteroatoms. The fourth-order valence-electron chi connectivity index (χ4n) is 3.05. The standard InChI is InChI=1S/C20H19N5O2/c1-14-7-9-21-19-18(23-13-25(14)19)20(26)22-10-8-16-6-5-15(12-24(16)2)17-4-3-11-27-17/h3-7,9,11-13H,8,10H2,1-2H3/p+1. The molecular formula is C20H20N5O2+. The summed E-state index contributed by atoms with van der Waals surface area (Å²) in [5.74, 6) is 0.616. The van der Waals surface area contributed by atoms with Crippen LogP contribution in [0.3, 0.4) is 0 Å². The smallest absolute Gasteiger partial charge is 0.273 e. The lowest BCUT2D eigenvalue weighted by atomic mass is 10.2. The summed E-state index contributed by atoms with van der Waals surface area (Å²) in [5.41, 5.74) is 4.02. The predicted octanol–water partition coefficient (Wildman–Crippen LogP) is 2.09. The fourth-order valence-corrected chi connectivity index (χ4v) is 3.05. The van der Waals surface area contributed by atoms with E-state index in [9.17, 15) is 4.79 Å². The minimum absolute atomic E-state index is 0.217. The van der Waals surface area contributed by atoms with Gasteiger partial charge in [-0.25, -0.2) is 14.5 Å². The Hall–Kier alpha value is -3.48. The lowest BCUT2D eigenvalue weighted by molar-refractivity contribution is -0.678. The lowest BCUT2D eigenvalue weighted by Gasteiger charge is -2.04. The van der Waals surface area contributed by atoms with Crippen molar-refractivity contribution in [2.24, 2.45) is 7.05 Å². The number of imidazole rings is 1. The summed E-state index contributed by atoms with van der Waals surface area (Å²) in [6.45, 7) is 2.46. The monoisotopic (exact) mass is 362 g/mol. The number of nitrogens with one attached hydrogen (secondary N) is 1. The molecule has 1 N–H and O–H groups in total. The number of nitrogens with zero attached hydrogens (tertiary/aromatic N) is 4. The van der Waals surface area contributed by atoms with Gasteiger partial charge in [-0.05, 0) is 31.2 Å². The third-order valence-corrected chi connectivity index (χ3v) is 4.56. The summed E-state index contributed by atoms with van der Waals surface area (Å²) in [6, 6.07) is 9.74. The van der Waals surface area contributed by atoms with Crippen LogP contribution >= 0.6 is 0 Å². The molecule has 0 bridgehead atoms. The quantitative estimate of drug-likeness (QED) is 0.552. The number of carbonyl (C=O) groups excluding carboxylic acids is 1. The number of aromatic nitrogens is 4. The molecule has 0 aromatic carbocycles. The predicted molar refractivity (Wildman–Crippen MR) is 99.1 cm³/mol. The first-order chi connectivity index (χ1) is 13.1. The van der Waals surface area contributed by atoms with Crippen LogP contribution in [0.25, 0.3) is 17.0 Å². The second-order valence-corrected chi connectivity index (χ2v) is 6.38. The van der Waals surface area contributed by atoms with Crippen molar-refractivity contribution >= 4 is 11.6 Å². The Morgan fingerprint density at radius 1 is 1.26 bits per heavy atom. The van der Waals surface area contributed by atoms with Crippen LogP contribution in [0.15, 0.2) is 59.7 Å². The molecule has 1 amide bonds. The largest absolute Gasteiger partial charge is 0.464 e. The molecule has 0 spiro atoms. The van der Waals surface area contributed by atoms with Gasteiger partial charge in [-0.1, -0.05) is 0 Å². The van der Waals surface area contributed by atoms with E-state index in [0.717, 1.165) is 22.7 Å². The molecule has 0 unspecified atom stereocenters. The van der Waals surface area contributed by atoms with Crippen molar-refractivity contribution < 1.29 is 13.8 Å². The second-order valence-electron chi connectivity index (χ2n) is 6.38. The molecule has 0 saturated heterocycles. The first-order valence-corrected chi connectivity index (χ1v) is 8.73. The number of amides is 1. The van der Waals surface area contributed by atoms with Crippen LogP contribution in [0.5, 0.6) is 0 Å². The zero-order valence-corrected chi connectivity index (χ0v) is 15.2. The summed E-state index contributed by atoms with van der Waals surface area (Å²) in [6.07, 6.45) is 7.70. The minimum Gasteiger partial charge on any atom is -0.464 e. The molecule has 4 aromatic heterocycles.